The molecular formula is C21H21F3N2O2. The maximum absolute atomic E-state index is 13.8. The Morgan fingerprint density at radius 1 is 1.07 bits per heavy atom. The quantitative estimate of drug-likeness (QED) is 0.777. The van der Waals surface area contributed by atoms with Crippen LogP contribution in [0.4, 0.5) is 24.5 Å². The van der Waals surface area contributed by atoms with Crippen molar-refractivity contribution >= 4 is 23.2 Å². The summed E-state index contributed by atoms with van der Waals surface area (Å²) in [5, 5.41) is 2.27. The van der Waals surface area contributed by atoms with Crippen LogP contribution in [-0.2, 0) is 22.4 Å². The van der Waals surface area contributed by atoms with Crippen molar-refractivity contribution in [1.82, 2.24) is 0 Å². The van der Waals surface area contributed by atoms with Crippen LogP contribution in [0.5, 0.6) is 0 Å². The van der Waals surface area contributed by atoms with Crippen molar-refractivity contribution < 1.29 is 22.8 Å². The molecule has 1 saturated heterocycles. The smallest absolute Gasteiger partial charge is 0.229 e. The third-order valence-electron chi connectivity index (χ3n) is 5.02. The molecule has 2 aromatic rings. The van der Waals surface area contributed by atoms with Crippen LogP contribution in [0, 0.1) is 23.4 Å². The molecule has 0 radical (unpaired) electrons. The summed E-state index contributed by atoms with van der Waals surface area (Å²) in [7, 11) is 0. The number of amides is 2. The molecule has 1 fully saturated rings. The minimum absolute atomic E-state index is 0.0294. The van der Waals surface area contributed by atoms with E-state index in [1.807, 2.05) is 32.0 Å². The summed E-state index contributed by atoms with van der Waals surface area (Å²) >= 11 is 0. The molecule has 1 atom stereocenters. The second kappa shape index (κ2) is 8.04. The Morgan fingerprint density at radius 2 is 1.71 bits per heavy atom. The van der Waals surface area contributed by atoms with Crippen LogP contribution in [0.3, 0.4) is 0 Å². The zero-order valence-electron chi connectivity index (χ0n) is 15.7. The van der Waals surface area contributed by atoms with Gasteiger partial charge in [0.2, 0.25) is 11.8 Å². The van der Waals surface area contributed by atoms with Crippen LogP contribution >= 0.6 is 0 Å². The molecule has 148 valence electrons. The van der Waals surface area contributed by atoms with Crippen LogP contribution in [0.15, 0.2) is 30.3 Å². The summed E-state index contributed by atoms with van der Waals surface area (Å²) < 4.78 is 40.2. The Balaban J connectivity index is 1.82. The monoisotopic (exact) mass is 390 g/mol. The van der Waals surface area contributed by atoms with Crippen molar-refractivity contribution in [3.8, 4) is 0 Å². The van der Waals surface area contributed by atoms with E-state index >= 15 is 0 Å². The first-order valence-corrected chi connectivity index (χ1v) is 9.22. The number of rotatable bonds is 5. The van der Waals surface area contributed by atoms with E-state index in [9.17, 15) is 22.8 Å². The number of nitrogens with one attached hydrogen (secondary N) is 1. The molecule has 0 saturated carbocycles. The van der Waals surface area contributed by atoms with Gasteiger partial charge in [0.15, 0.2) is 17.5 Å². The van der Waals surface area contributed by atoms with E-state index in [-0.39, 0.29) is 18.9 Å². The third kappa shape index (κ3) is 3.61. The molecule has 0 aliphatic carbocycles. The lowest BCUT2D eigenvalue weighted by molar-refractivity contribution is -0.122. The second-order valence-corrected chi connectivity index (χ2v) is 6.75. The van der Waals surface area contributed by atoms with Crippen LogP contribution in [0.25, 0.3) is 0 Å². The van der Waals surface area contributed by atoms with Gasteiger partial charge in [-0.2, -0.15) is 0 Å². The van der Waals surface area contributed by atoms with Gasteiger partial charge in [0.1, 0.15) is 0 Å². The number of anilines is 2. The molecule has 1 aliphatic rings. The SMILES string of the molecule is CCc1cccc(CC)c1N1CC(C(=O)Nc2ccc(F)c(F)c2F)CC1=O. The lowest BCUT2D eigenvalue weighted by atomic mass is 10.0. The Bertz CT molecular complexity index is 908. The van der Waals surface area contributed by atoms with Crippen molar-refractivity contribution in [2.75, 3.05) is 16.8 Å². The number of carbonyl (C=O) groups excluding carboxylic acids is 2. The Morgan fingerprint density at radius 3 is 2.32 bits per heavy atom. The van der Waals surface area contributed by atoms with Gasteiger partial charge in [-0.3, -0.25) is 9.59 Å². The molecule has 4 nitrogen and oxygen atoms in total. The number of hydrogen-bond acceptors (Lipinski definition) is 2. The number of hydrogen-bond donors (Lipinski definition) is 1. The van der Waals surface area contributed by atoms with Crippen LogP contribution < -0.4 is 10.2 Å². The van der Waals surface area contributed by atoms with Gasteiger partial charge in [0.25, 0.3) is 0 Å². The number of benzene rings is 2. The standard InChI is InChI=1S/C21H21F3N2O2/c1-3-12-6-5-7-13(4-2)20(12)26-11-14(10-17(26)27)21(28)25-16-9-8-15(22)18(23)19(16)24/h5-9,14H,3-4,10-11H2,1-2H3,(H,25,28). The largest absolute Gasteiger partial charge is 0.323 e. The molecule has 7 heteroatoms. The molecule has 0 aromatic heterocycles. The van der Waals surface area contributed by atoms with E-state index in [1.165, 1.54) is 0 Å². The number of para-hydroxylation sites is 1. The van der Waals surface area contributed by atoms with E-state index in [1.54, 1.807) is 4.90 Å². The van der Waals surface area contributed by atoms with Crippen LogP contribution in [-0.4, -0.2) is 18.4 Å². The summed E-state index contributed by atoms with van der Waals surface area (Å²) in [5.41, 5.74) is 2.41. The molecular weight excluding hydrogens is 369 g/mol. The van der Waals surface area contributed by atoms with Gasteiger partial charge in [-0.1, -0.05) is 32.0 Å². The Kier molecular flexibility index (Phi) is 5.72. The molecule has 1 heterocycles. The fourth-order valence-corrected chi connectivity index (χ4v) is 3.52. The zero-order valence-corrected chi connectivity index (χ0v) is 15.7. The zero-order chi connectivity index (χ0) is 20.4. The topological polar surface area (TPSA) is 49.4 Å². The van der Waals surface area contributed by atoms with E-state index in [4.69, 9.17) is 0 Å². The number of carbonyl (C=O) groups is 2. The van der Waals surface area contributed by atoms with Gasteiger partial charge in [-0.05, 0) is 36.1 Å². The molecule has 2 amide bonds. The first kappa shape index (κ1) is 19.9. The Labute approximate surface area is 161 Å². The maximum Gasteiger partial charge on any atom is 0.229 e. The van der Waals surface area contributed by atoms with Crippen molar-refractivity contribution in [2.24, 2.45) is 5.92 Å². The average molecular weight is 390 g/mol. The van der Waals surface area contributed by atoms with Gasteiger partial charge in [-0.25, -0.2) is 13.2 Å². The average Bonchev–Trinajstić information content (AvgIpc) is 3.09. The van der Waals surface area contributed by atoms with Crippen LogP contribution in [0.2, 0.25) is 0 Å². The van der Waals surface area contributed by atoms with Crippen LogP contribution in [0.1, 0.15) is 31.4 Å². The summed E-state index contributed by atoms with van der Waals surface area (Å²) in [6, 6.07) is 7.54. The Hall–Kier alpha value is -2.83. The highest BCUT2D eigenvalue weighted by Crippen LogP contribution is 2.33. The first-order valence-electron chi connectivity index (χ1n) is 9.22. The molecule has 3 rings (SSSR count). The first-order chi connectivity index (χ1) is 13.4. The number of halogens is 3. The predicted octanol–water partition coefficient (Wildman–Crippen LogP) is 4.22. The van der Waals surface area contributed by atoms with E-state index in [2.05, 4.69) is 5.32 Å². The molecule has 1 aliphatic heterocycles. The van der Waals surface area contributed by atoms with E-state index < -0.39 is 35.0 Å². The minimum atomic E-state index is -1.65. The van der Waals surface area contributed by atoms with Gasteiger partial charge in [-0.15, -0.1) is 0 Å². The molecule has 2 aromatic carbocycles. The number of aryl methyl sites for hydroxylation is 2. The highest BCUT2D eigenvalue weighted by atomic mass is 19.2. The van der Waals surface area contributed by atoms with Crippen molar-refractivity contribution in [1.29, 1.82) is 0 Å². The van der Waals surface area contributed by atoms with Gasteiger partial charge in [0, 0.05) is 18.7 Å². The fourth-order valence-electron chi connectivity index (χ4n) is 3.52. The van der Waals surface area contributed by atoms with Gasteiger partial charge >= 0.3 is 0 Å². The summed E-state index contributed by atoms with van der Waals surface area (Å²) in [4.78, 5) is 26.7. The minimum Gasteiger partial charge on any atom is -0.323 e. The molecule has 0 bridgehead atoms. The highest BCUT2D eigenvalue weighted by Gasteiger charge is 2.37. The second-order valence-electron chi connectivity index (χ2n) is 6.75. The summed E-state index contributed by atoms with van der Waals surface area (Å²) in [5.74, 6) is -5.95. The number of nitrogens with zero attached hydrogens (tertiary/aromatic N) is 1. The van der Waals surface area contributed by atoms with Crippen molar-refractivity contribution in [3.05, 3.63) is 58.9 Å². The normalized spacial score (nSPS) is 16.5. The van der Waals surface area contributed by atoms with E-state index in [0.29, 0.717) is 0 Å². The van der Waals surface area contributed by atoms with Gasteiger partial charge in [0.05, 0.1) is 11.6 Å². The summed E-state index contributed by atoms with van der Waals surface area (Å²) in [6.45, 7) is 4.14. The molecule has 28 heavy (non-hydrogen) atoms. The predicted molar refractivity (Wildman–Crippen MR) is 101 cm³/mol. The van der Waals surface area contributed by atoms with E-state index in [0.717, 1.165) is 41.8 Å². The molecule has 1 N–H and O–H groups in total. The van der Waals surface area contributed by atoms with Crippen molar-refractivity contribution in [2.45, 2.75) is 33.1 Å². The molecule has 1 unspecified atom stereocenters. The highest BCUT2D eigenvalue weighted by molar-refractivity contribution is 6.04. The maximum atomic E-state index is 13.8. The summed E-state index contributed by atoms with van der Waals surface area (Å²) in [6.07, 6.45) is 1.45. The lowest BCUT2D eigenvalue weighted by Gasteiger charge is -2.23. The van der Waals surface area contributed by atoms with Gasteiger partial charge < -0.3 is 10.2 Å². The fraction of sp³-hybridized carbons (Fsp3) is 0.333. The lowest BCUT2D eigenvalue weighted by Crippen LogP contribution is -2.29. The third-order valence-corrected chi connectivity index (χ3v) is 5.02. The van der Waals surface area contributed by atoms with Crippen molar-refractivity contribution in [3.63, 3.8) is 0 Å². The molecule has 0 spiro atoms.